The number of aliphatic carboxylic acids is 1. The molecule has 0 aromatic rings. The maximum Gasteiger partial charge on any atom is 0.306 e. The Hall–Kier alpha value is -0.610. The van der Waals surface area contributed by atoms with Gasteiger partial charge in [-0.2, -0.15) is 0 Å². The molecule has 0 amide bonds. The summed E-state index contributed by atoms with van der Waals surface area (Å²) in [5, 5.41) is 8.95. The van der Waals surface area contributed by atoms with Gasteiger partial charge in [-0.1, -0.05) is 0 Å². The van der Waals surface area contributed by atoms with Crippen molar-refractivity contribution >= 4 is 5.97 Å². The van der Waals surface area contributed by atoms with Gasteiger partial charge < -0.3 is 14.7 Å². The van der Waals surface area contributed by atoms with Gasteiger partial charge in [0.25, 0.3) is 0 Å². The van der Waals surface area contributed by atoms with Crippen LogP contribution >= 0.6 is 0 Å². The molecule has 1 aliphatic heterocycles. The zero-order valence-corrected chi connectivity index (χ0v) is 10.3. The second-order valence-electron chi connectivity index (χ2n) is 4.50. The Morgan fingerprint density at radius 1 is 1.56 bits per heavy atom. The molecule has 1 aliphatic rings. The highest BCUT2D eigenvalue weighted by molar-refractivity contribution is 5.70. The van der Waals surface area contributed by atoms with E-state index in [0.717, 1.165) is 45.6 Å². The van der Waals surface area contributed by atoms with E-state index in [0.29, 0.717) is 6.04 Å². The summed E-state index contributed by atoms with van der Waals surface area (Å²) in [6, 6.07) is 0.386. The van der Waals surface area contributed by atoms with Crippen molar-refractivity contribution in [2.75, 3.05) is 26.3 Å². The lowest BCUT2D eigenvalue weighted by Crippen LogP contribution is -2.43. The van der Waals surface area contributed by atoms with Crippen molar-refractivity contribution in [3.8, 4) is 0 Å². The van der Waals surface area contributed by atoms with E-state index in [2.05, 4.69) is 11.8 Å². The first-order chi connectivity index (χ1) is 7.65. The van der Waals surface area contributed by atoms with E-state index in [-0.39, 0.29) is 5.92 Å². The summed E-state index contributed by atoms with van der Waals surface area (Å²) >= 11 is 0. The number of carbonyl (C=O) groups is 1. The fourth-order valence-electron chi connectivity index (χ4n) is 2.29. The van der Waals surface area contributed by atoms with Gasteiger partial charge in [0.1, 0.15) is 0 Å². The molecule has 1 N–H and O–H groups in total. The fourth-order valence-corrected chi connectivity index (χ4v) is 2.29. The number of piperidine rings is 1. The van der Waals surface area contributed by atoms with Gasteiger partial charge in [0.05, 0.1) is 5.92 Å². The quantitative estimate of drug-likeness (QED) is 0.703. The number of carboxylic acids is 1. The zero-order chi connectivity index (χ0) is 12.0. The van der Waals surface area contributed by atoms with E-state index < -0.39 is 5.97 Å². The molecule has 0 spiro atoms. The lowest BCUT2D eigenvalue weighted by molar-refractivity contribution is -0.144. The molecule has 4 heteroatoms. The Morgan fingerprint density at radius 2 is 2.31 bits per heavy atom. The van der Waals surface area contributed by atoms with E-state index >= 15 is 0 Å². The summed E-state index contributed by atoms with van der Waals surface area (Å²) in [4.78, 5) is 13.2. The van der Waals surface area contributed by atoms with Crippen molar-refractivity contribution in [2.24, 2.45) is 5.92 Å². The van der Waals surface area contributed by atoms with Crippen LogP contribution in [0, 0.1) is 5.92 Å². The molecule has 16 heavy (non-hydrogen) atoms. The predicted molar refractivity (Wildman–Crippen MR) is 62.5 cm³/mol. The van der Waals surface area contributed by atoms with Crippen molar-refractivity contribution in [3.63, 3.8) is 0 Å². The number of hydrogen-bond donors (Lipinski definition) is 1. The Balaban J connectivity index is 2.22. The average molecular weight is 229 g/mol. The van der Waals surface area contributed by atoms with Crippen molar-refractivity contribution in [1.29, 1.82) is 0 Å². The number of hydrogen-bond acceptors (Lipinski definition) is 3. The van der Waals surface area contributed by atoms with E-state index in [1.54, 1.807) is 0 Å². The van der Waals surface area contributed by atoms with E-state index in [1.807, 2.05) is 6.92 Å². The van der Waals surface area contributed by atoms with Gasteiger partial charge in [0.2, 0.25) is 0 Å². The molecule has 0 aliphatic carbocycles. The summed E-state index contributed by atoms with van der Waals surface area (Å²) in [5.74, 6) is -0.779. The third-order valence-corrected chi connectivity index (χ3v) is 3.30. The largest absolute Gasteiger partial charge is 0.481 e. The van der Waals surface area contributed by atoms with Crippen molar-refractivity contribution in [1.82, 2.24) is 4.90 Å². The molecule has 0 radical (unpaired) electrons. The van der Waals surface area contributed by atoms with Crippen LogP contribution in [0.4, 0.5) is 0 Å². The van der Waals surface area contributed by atoms with Crippen LogP contribution in [-0.2, 0) is 9.53 Å². The molecular formula is C12H23NO3. The van der Waals surface area contributed by atoms with Gasteiger partial charge >= 0.3 is 5.97 Å². The van der Waals surface area contributed by atoms with E-state index in [9.17, 15) is 4.79 Å². The van der Waals surface area contributed by atoms with Crippen LogP contribution in [0.25, 0.3) is 0 Å². The molecule has 0 aromatic heterocycles. The number of carboxylic acid groups (broad SMARTS) is 1. The zero-order valence-electron chi connectivity index (χ0n) is 10.3. The minimum atomic E-state index is -0.638. The van der Waals surface area contributed by atoms with Crippen molar-refractivity contribution in [2.45, 2.75) is 39.2 Å². The van der Waals surface area contributed by atoms with Crippen LogP contribution in [-0.4, -0.2) is 48.3 Å². The molecule has 1 saturated heterocycles. The van der Waals surface area contributed by atoms with Crippen LogP contribution in [0.2, 0.25) is 0 Å². The molecule has 2 atom stereocenters. The molecule has 0 bridgehead atoms. The maximum atomic E-state index is 10.9. The summed E-state index contributed by atoms with van der Waals surface area (Å²) < 4.78 is 5.30. The minimum Gasteiger partial charge on any atom is -0.481 e. The minimum absolute atomic E-state index is 0.141. The van der Waals surface area contributed by atoms with Crippen LogP contribution < -0.4 is 0 Å². The lowest BCUT2D eigenvalue weighted by Gasteiger charge is -2.36. The summed E-state index contributed by atoms with van der Waals surface area (Å²) in [6.45, 7) is 7.63. The monoisotopic (exact) mass is 229 g/mol. The first kappa shape index (κ1) is 13.5. The van der Waals surface area contributed by atoms with Gasteiger partial charge in [-0.05, 0) is 39.7 Å². The van der Waals surface area contributed by atoms with Crippen molar-refractivity contribution < 1.29 is 14.6 Å². The van der Waals surface area contributed by atoms with Crippen LogP contribution in [0.5, 0.6) is 0 Å². The lowest BCUT2D eigenvalue weighted by atomic mass is 9.92. The van der Waals surface area contributed by atoms with Gasteiger partial charge in [0, 0.05) is 25.8 Å². The second-order valence-corrected chi connectivity index (χ2v) is 4.50. The second kappa shape index (κ2) is 6.86. The smallest absolute Gasteiger partial charge is 0.306 e. The molecule has 1 rings (SSSR count). The first-order valence-corrected chi connectivity index (χ1v) is 6.19. The SMILES string of the molecule is CCOCCCN1CCC(C(=O)O)CC1C. The predicted octanol–water partition coefficient (Wildman–Crippen LogP) is 1.60. The Kier molecular flexibility index (Phi) is 5.77. The third-order valence-electron chi connectivity index (χ3n) is 3.30. The van der Waals surface area contributed by atoms with Gasteiger partial charge in [0.15, 0.2) is 0 Å². The van der Waals surface area contributed by atoms with Crippen molar-refractivity contribution in [3.05, 3.63) is 0 Å². The van der Waals surface area contributed by atoms with E-state index in [4.69, 9.17) is 9.84 Å². The van der Waals surface area contributed by atoms with Crippen LogP contribution in [0.15, 0.2) is 0 Å². The molecule has 4 nitrogen and oxygen atoms in total. The summed E-state index contributed by atoms with van der Waals surface area (Å²) in [5.41, 5.74) is 0. The van der Waals surface area contributed by atoms with E-state index in [1.165, 1.54) is 0 Å². The number of likely N-dealkylation sites (tertiary alicyclic amines) is 1. The standard InChI is InChI=1S/C12H23NO3/c1-3-16-8-4-6-13-7-5-11(12(14)15)9-10(13)2/h10-11H,3-9H2,1-2H3,(H,14,15). The van der Waals surface area contributed by atoms with Crippen LogP contribution in [0.3, 0.4) is 0 Å². The molecule has 0 saturated carbocycles. The Morgan fingerprint density at radius 3 is 2.88 bits per heavy atom. The number of nitrogens with zero attached hydrogens (tertiary/aromatic N) is 1. The normalized spacial score (nSPS) is 26.9. The topological polar surface area (TPSA) is 49.8 Å². The third kappa shape index (κ3) is 4.10. The summed E-state index contributed by atoms with van der Waals surface area (Å²) in [6.07, 6.45) is 2.61. The fraction of sp³-hybridized carbons (Fsp3) is 0.917. The highest BCUT2D eigenvalue weighted by atomic mass is 16.5. The first-order valence-electron chi connectivity index (χ1n) is 6.19. The average Bonchev–Trinajstić information content (AvgIpc) is 2.26. The highest BCUT2D eigenvalue weighted by Gasteiger charge is 2.28. The summed E-state index contributed by atoms with van der Waals surface area (Å²) in [7, 11) is 0. The molecule has 94 valence electrons. The Labute approximate surface area is 97.6 Å². The number of rotatable bonds is 6. The molecule has 0 aromatic carbocycles. The Bertz CT molecular complexity index is 220. The van der Waals surface area contributed by atoms with Gasteiger partial charge in [-0.25, -0.2) is 0 Å². The molecule has 1 heterocycles. The van der Waals surface area contributed by atoms with Gasteiger partial charge in [-0.15, -0.1) is 0 Å². The molecule has 2 unspecified atom stereocenters. The highest BCUT2D eigenvalue weighted by Crippen LogP contribution is 2.22. The van der Waals surface area contributed by atoms with Gasteiger partial charge in [-0.3, -0.25) is 4.79 Å². The number of ether oxygens (including phenoxy) is 1. The van der Waals surface area contributed by atoms with Crippen LogP contribution in [0.1, 0.15) is 33.1 Å². The molecular weight excluding hydrogens is 206 g/mol. The maximum absolute atomic E-state index is 10.9. The molecule has 1 fully saturated rings.